The van der Waals surface area contributed by atoms with Crippen LogP contribution in [-0.2, 0) is 4.79 Å². The summed E-state index contributed by atoms with van der Waals surface area (Å²) in [6.07, 6.45) is 0. The number of amides is 2. The molecule has 20 heavy (non-hydrogen) atoms. The van der Waals surface area contributed by atoms with Gasteiger partial charge >= 0.3 is 0 Å². The van der Waals surface area contributed by atoms with Crippen LogP contribution in [0.1, 0.15) is 36.7 Å². The van der Waals surface area contributed by atoms with E-state index in [2.05, 4.69) is 5.32 Å². The fraction of sp³-hybridized carbons (Fsp3) is 0.467. The molecule has 0 radical (unpaired) electrons. The molecule has 110 valence electrons. The van der Waals surface area contributed by atoms with Crippen molar-refractivity contribution in [2.45, 2.75) is 33.7 Å². The lowest BCUT2D eigenvalue weighted by molar-refractivity contribution is -0.122. The van der Waals surface area contributed by atoms with Crippen molar-refractivity contribution in [1.29, 1.82) is 0 Å². The molecule has 5 heteroatoms. The number of aryl methyl sites for hydroxylation is 1. The summed E-state index contributed by atoms with van der Waals surface area (Å²) in [5, 5.41) is 2.78. The van der Waals surface area contributed by atoms with Crippen LogP contribution in [0.15, 0.2) is 18.2 Å². The average Bonchev–Trinajstić information content (AvgIpc) is 2.34. The lowest BCUT2D eigenvalue weighted by atomic mass is 10.1. The van der Waals surface area contributed by atoms with Crippen molar-refractivity contribution < 1.29 is 9.59 Å². The number of nitrogens with one attached hydrogen (secondary N) is 1. The van der Waals surface area contributed by atoms with Crippen LogP contribution in [0.2, 0.25) is 0 Å². The number of benzene rings is 1. The Hall–Kier alpha value is -2.04. The van der Waals surface area contributed by atoms with Gasteiger partial charge in [0.05, 0.1) is 6.54 Å². The number of carbonyl (C=O) groups is 2. The molecule has 3 N–H and O–H groups in total. The Morgan fingerprint density at radius 3 is 2.50 bits per heavy atom. The van der Waals surface area contributed by atoms with Gasteiger partial charge in [-0.25, -0.2) is 0 Å². The zero-order valence-corrected chi connectivity index (χ0v) is 12.6. The summed E-state index contributed by atoms with van der Waals surface area (Å²) in [5.74, 6) is -0.299. The number of nitrogens with two attached hydrogens (primary N) is 1. The summed E-state index contributed by atoms with van der Waals surface area (Å²) in [6, 6.07) is 5.22. The van der Waals surface area contributed by atoms with E-state index in [0.717, 1.165) is 5.56 Å². The van der Waals surface area contributed by atoms with Gasteiger partial charge in [0, 0.05) is 23.8 Å². The van der Waals surface area contributed by atoms with Crippen molar-refractivity contribution in [3.05, 3.63) is 29.3 Å². The summed E-state index contributed by atoms with van der Waals surface area (Å²) >= 11 is 0. The molecule has 1 rings (SSSR count). The Balaban J connectivity index is 2.84. The Morgan fingerprint density at radius 2 is 2.00 bits per heavy atom. The van der Waals surface area contributed by atoms with Gasteiger partial charge in [-0.15, -0.1) is 0 Å². The average molecular weight is 277 g/mol. The molecule has 0 aromatic heterocycles. The first-order valence-corrected chi connectivity index (χ1v) is 6.80. The Bertz CT molecular complexity index is 498. The third-order valence-electron chi connectivity index (χ3n) is 2.93. The smallest absolute Gasteiger partial charge is 0.254 e. The first-order valence-electron chi connectivity index (χ1n) is 6.80. The van der Waals surface area contributed by atoms with Crippen LogP contribution in [0.3, 0.4) is 0 Å². The number of nitrogen functional groups attached to an aromatic ring is 1. The molecule has 0 aliphatic heterocycles. The fourth-order valence-corrected chi connectivity index (χ4v) is 1.97. The number of hydrogen-bond acceptors (Lipinski definition) is 3. The van der Waals surface area contributed by atoms with E-state index in [9.17, 15) is 9.59 Å². The molecule has 0 saturated carbocycles. The monoisotopic (exact) mass is 277 g/mol. The third kappa shape index (κ3) is 4.26. The largest absolute Gasteiger partial charge is 0.399 e. The Morgan fingerprint density at radius 1 is 1.35 bits per heavy atom. The normalized spacial score (nSPS) is 10.4. The van der Waals surface area contributed by atoms with Gasteiger partial charge in [-0.05, 0) is 51.5 Å². The minimum atomic E-state index is -0.150. The van der Waals surface area contributed by atoms with E-state index in [0.29, 0.717) is 17.8 Å². The Kier molecular flexibility index (Phi) is 5.55. The minimum absolute atomic E-state index is 0.0644. The SMILES string of the molecule is CCN(CC(=O)NC(C)C)C(=O)c1ccc(N)cc1C. The predicted octanol–water partition coefficient (Wildman–Crippen LogP) is 1.56. The Labute approximate surface area is 120 Å². The van der Waals surface area contributed by atoms with Gasteiger partial charge in [0.15, 0.2) is 0 Å². The van der Waals surface area contributed by atoms with Gasteiger partial charge in [0.2, 0.25) is 5.91 Å². The van der Waals surface area contributed by atoms with Crippen LogP contribution in [0.4, 0.5) is 5.69 Å². The quantitative estimate of drug-likeness (QED) is 0.802. The van der Waals surface area contributed by atoms with Crippen LogP contribution in [0.25, 0.3) is 0 Å². The predicted molar refractivity (Wildman–Crippen MR) is 80.4 cm³/mol. The molecule has 1 aromatic carbocycles. The van der Waals surface area contributed by atoms with Gasteiger partial charge in [-0.1, -0.05) is 0 Å². The molecule has 0 bridgehead atoms. The number of anilines is 1. The molecule has 0 spiro atoms. The van der Waals surface area contributed by atoms with E-state index >= 15 is 0 Å². The van der Waals surface area contributed by atoms with Crippen molar-refractivity contribution in [2.75, 3.05) is 18.8 Å². The number of hydrogen-bond donors (Lipinski definition) is 2. The molecule has 0 heterocycles. The summed E-state index contributed by atoms with van der Waals surface area (Å²) < 4.78 is 0. The van der Waals surface area contributed by atoms with Crippen LogP contribution in [-0.4, -0.2) is 35.8 Å². The van der Waals surface area contributed by atoms with Crippen LogP contribution in [0, 0.1) is 6.92 Å². The van der Waals surface area contributed by atoms with E-state index in [4.69, 9.17) is 5.73 Å². The zero-order valence-electron chi connectivity index (χ0n) is 12.6. The molecular formula is C15H23N3O2. The molecule has 0 aliphatic rings. The number of likely N-dealkylation sites (N-methyl/N-ethyl adjacent to an activating group) is 1. The second kappa shape index (κ2) is 6.93. The zero-order chi connectivity index (χ0) is 15.3. The van der Waals surface area contributed by atoms with Crippen molar-refractivity contribution in [2.24, 2.45) is 0 Å². The van der Waals surface area contributed by atoms with Gasteiger partial charge in [0.25, 0.3) is 5.91 Å². The minimum Gasteiger partial charge on any atom is -0.399 e. The maximum absolute atomic E-state index is 12.4. The molecule has 5 nitrogen and oxygen atoms in total. The first kappa shape index (κ1) is 16.0. The van der Waals surface area contributed by atoms with E-state index in [-0.39, 0.29) is 24.4 Å². The second-order valence-corrected chi connectivity index (χ2v) is 5.12. The summed E-state index contributed by atoms with van der Waals surface area (Å²) in [7, 11) is 0. The van der Waals surface area contributed by atoms with Crippen LogP contribution >= 0.6 is 0 Å². The van der Waals surface area contributed by atoms with Crippen molar-refractivity contribution >= 4 is 17.5 Å². The third-order valence-corrected chi connectivity index (χ3v) is 2.93. The van der Waals surface area contributed by atoms with Crippen molar-refractivity contribution in [3.8, 4) is 0 Å². The topological polar surface area (TPSA) is 75.4 Å². The van der Waals surface area contributed by atoms with Crippen LogP contribution < -0.4 is 11.1 Å². The summed E-state index contributed by atoms with van der Waals surface area (Å²) in [4.78, 5) is 25.7. The number of nitrogens with zero attached hydrogens (tertiary/aromatic N) is 1. The molecule has 0 atom stereocenters. The highest BCUT2D eigenvalue weighted by Gasteiger charge is 2.19. The standard InChI is InChI=1S/C15H23N3O2/c1-5-18(9-14(19)17-10(2)3)15(20)13-7-6-12(16)8-11(13)4/h6-8,10H,5,9,16H2,1-4H3,(H,17,19). The van der Waals surface area contributed by atoms with Gasteiger partial charge in [-0.2, -0.15) is 0 Å². The van der Waals surface area contributed by atoms with Crippen molar-refractivity contribution in [3.63, 3.8) is 0 Å². The summed E-state index contributed by atoms with van der Waals surface area (Å²) in [5.41, 5.74) is 7.71. The van der Waals surface area contributed by atoms with Gasteiger partial charge in [0.1, 0.15) is 0 Å². The van der Waals surface area contributed by atoms with E-state index in [1.165, 1.54) is 4.90 Å². The van der Waals surface area contributed by atoms with E-state index in [1.54, 1.807) is 18.2 Å². The van der Waals surface area contributed by atoms with Crippen molar-refractivity contribution in [1.82, 2.24) is 10.2 Å². The van der Waals surface area contributed by atoms with Crippen LogP contribution in [0.5, 0.6) is 0 Å². The fourth-order valence-electron chi connectivity index (χ4n) is 1.97. The number of rotatable bonds is 5. The molecule has 0 aliphatic carbocycles. The molecule has 0 saturated heterocycles. The lowest BCUT2D eigenvalue weighted by Gasteiger charge is -2.22. The molecule has 0 unspecified atom stereocenters. The highest BCUT2D eigenvalue weighted by atomic mass is 16.2. The number of carbonyl (C=O) groups excluding carboxylic acids is 2. The second-order valence-electron chi connectivity index (χ2n) is 5.12. The van der Waals surface area contributed by atoms with Gasteiger partial charge < -0.3 is 16.0 Å². The molecule has 0 fully saturated rings. The highest BCUT2D eigenvalue weighted by molar-refractivity contribution is 5.98. The maximum atomic E-state index is 12.4. The summed E-state index contributed by atoms with van der Waals surface area (Å²) in [6.45, 7) is 8.02. The van der Waals surface area contributed by atoms with Gasteiger partial charge in [-0.3, -0.25) is 9.59 Å². The first-order chi connectivity index (χ1) is 9.35. The molecular weight excluding hydrogens is 254 g/mol. The lowest BCUT2D eigenvalue weighted by Crippen LogP contribution is -2.42. The molecule has 1 aromatic rings. The van der Waals surface area contributed by atoms with E-state index in [1.807, 2.05) is 27.7 Å². The van der Waals surface area contributed by atoms with E-state index < -0.39 is 0 Å². The molecule has 2 amide bonds. The maximum Gasteiger partial charge on any atom is 0.254 e. The highest BCUT2D eigenvalue weighted by Crippen LogP contribution is 2.14.